The molecule has 2 rings (SSSR count). The molecule has 0 spiro atoms. The molecule has 1 amide bonds. The molecule has 0 aromatic heterocycles. The van der Waals surface area contributed by atoms with Crippen LogP contribution < -0.4 is 0 Å². The number of cyclic esters (lactones) is 1. The van der Waals surface area contributed by atoms with Gasteiger partial charge in [-0.05, 0) is 12.8 Å². The summed E-state index contributed by atoms with van der Waals surface area (Å²) < 4.78 is 4.98. The van der Waals surface area contributed by atoms with Gasteiger partial charge < -0.3 is 4.74 Å². The Morgan fingerprint density at radius 3 is 3.38 bits per heavy atom. The van der Waals surface area contributed by atoms with Crippen LogP contribution in [0.15, 0.2) is 24.8 Å². The predicted octanol–water partition coefficient (Wildman–Crippen LogP) is 1.71. The van der Waals surface area contributed by atoms with Crippen molar-refractivity contribution in [1.29, 1.82) is 0 Å². The molecule has 1 saturated heterocycles. The standard InChI is InChI=1S/C10H13NO2/c1-2-4-8-5-3-6-9-7-13-10(12)11(8)9/h2-3,6,8-9H,1,4-5,7H2/t8-,9+/m0/s1. The quantitative estimate of drug-likeness (QED) is 0.604. The van der Waals surface area contributed by atoms with Crippen LogP contribution in [0.2, 0.25) is 0 Å². The van der Waals surface area contributed by atoms with E-state index in [0.29, 0.717) is 6.61 Å². The maximum Gasteiger partial charge on any atom is 0.410 e. The van der Waals surface area contributed by atoms with Crippen LogP contribution in [0.5, 0.6) is 0 Å². The first-order valence-electron chi connectivity index (χ1n) is 4.55. The summed E-state index contributed by atoms with van der Waals surface area (Å²) >= 11 is 0. The topological polar surface area (TPSA) is 29.5 Å². The van der Waals surface area contributed by atoms with E-state index in [4.69, 9.17) is 4.74 Å². The lowest BCUT2D eigenvalue weighted by Crippen LogP contribution is -2.42. The third-order valence-electron chi connectivity index (χ3n) is 2.54. The molecule has 0 aromatic rings. The first kappa shape index (κ1) is 8.35. The van der Waals surface area contributed by atoms with Crippen molar-refractivity contribution in [3.63, 3.8) is 0 Å². The largest absolute Gasteiger partial charge is 0.447 e. The molecule has 0 aromatic carbocycles. The van der Waals surface area contributed by atoms with Crippen molar-refractivity contribution in [1.82, 2.24) is 4.90 Å². The van der Waals surface area contributed by atoms with Crippen molar-refractivity contribution in [2.45, 2.75) is 24.9 Å². The summed E-state index contributed by atoms with van der Waals surface area (Å²) in [6.07, 6.45) is 7.60. The average molecular weight is 179 g/mol. The summed E-state index contributed by atoms with van der Waals surface area (Å²) in [4.78, 5) is 13.2. The van der Waals surface area contributed by atoms with Crippen molar-refractivity contribution >= 4 is 6.09 Å². The lowest BCUT2D eigenvalue weighted by molar-refractivity contribution is 0.145. The summed E-state index contributed by atoms with van der Waals surface area (Å²) in [5.41, 5.74) is 0. The van der Waals surface area contributed by atoms with Gasteiger partial charge in [0.15, 0.2) is 0 Å². The van der Waals surface area contributed by atoms with Gasteiger partial charge in [-0.1, -0.05) is 18.2 Å². The van der Waals surface area contributed by atoms with Gasteiger partial charge in [0.25, 0.3) is 0 Å². The fourth-order valence-corrected chi connectivity index (χ4v) is 1.92. The molecular weight excluding hydrogens is 166 g/mol. The number of carbonyl (C=O) groups excluding carboxylic acids is 1. The van der Waals surface area contributed by atoms with Gasteiger partial charge in [-0.3, -0.25) is 4.90 Å². The van der Waals surface area contributed by atoms with Crippen LogP contribution in [-0.2, 0) is 4.74 Å². The van der Waals surface area contributed by atoms with Crippen molar-refractivity contribution in [2.24, 2.45) is 0 Å². The Bertz CT molecular complexity index is 260. The fraction of sp³-hybridized carbons (Fsp3) is 0.500. The Labute approximate surface area is 77.7 Å². The number of carbonyl (C=O) groups is 1. The maximum absolute atomic E-state index is 11.3. The van der Waals surface area contributed by atoms with Gasteiger partial charge in [0.1, 0.15) is 6.61 Å². The van der Waals surface area contributed by atoms with Crippen molar-refractivity contribution in [3.8, 4) is 0 Å². The zero-order valence-electron chi connectivity index (χ0n) is 7.48. The van der Waals surface area contributed by atoms with Gasteiger partial charge >= 0.3 is 6.09 Å². The minimum atomic E-state index is -0.179. The molecule has 0 unspecified atom stereocenters. The third kappa shape index (κ3) is 1.34. The summed E-state index contributed by atoms with van der Waals surface area (Å²) in [6, 6.07) is 0.411. The van der Waals surface area contributed by atoms with Crippen molar-refractivity contribution in [3.05, 3.63) is 24.8 Å². The highest BCUT2D eigenvalue weighted by atomic mass is 16.6. The lowest BCUT2D eigenvalue weighted by Gasteiger charge is -2.30. The molecule has 0 radical (unpaired) electrons. The Morgan fingerprint density at radius 2 is 2.62 bits per heavy atom. The molecule has 1 fully saturated rings. The summed E-state index contributed by atoms with van der Waals surface area (Å²) in [7, 11) is 0. The molecule has 2 aliphatic rings. The lowest BCUT2D eigenvalue weighted by atomic mass is 10.0. The van der Waals surface area contributed by atoms with Gasteiger partial charge in [-0.15, -0.1) is 6.58 Å². The van der Waals surface area contributed by atoms with E-state index >= 15 is 0 Å². The van der Waals surface area contributed by atoms with Crippen LogP contribution in [0.1, 0.15) is 12.8 Å². The van der Waals surface area contributed by atoms with Crippen LogP contribution >= 0.6 is 0 Å². The van der Waals surface area contributed by atoms with E-state index in [9.17, 15) is 4.79 Å². The smallest absolute Gasteiger partial charge is 0.410 e. The van der Waals surface area contributed by atoms with E-state index in [2.05, 4.69) is 12.7 Å². The highest BCUT2D eigenvalue weighted by molar-refractivity contribution is 5.71. The monoisotopic (exact) mass is 179 g/mol. The first-order valence-corrected chi connectivity index (χ1v) is 4.55. The maximum atomic E-state index is 11.3. The number of hydrogen-bond acceptors (Lipinski definition) is 2. The molecule has 0 N–H and O–H groups in total. The number of ether oxygens (including phenoxy) is 1. The number of amides is 1. The number of fused-ring (bicyclic) bond motifs is 1. The second-order valence-electron chi connectivity index (χ2n) is 3.39. The summed E-state index contributed by atoms with van der Waals surface area (Å²) in [5.74, 6) is 0. The average Bonchev–Trinajstić information content (AvgIpc) is 2.50. The molecule has 2 atom stereocenters. The Kier molecular flexibility index (Phi) is 2.08. The molecule has 13 heavy (non-hydrogen) atoms. The summed E-state index contributed by atoms with van der Waals surface area (Å²) in [5, 5.41) is 0. The van der Waals surface area contributed by atoms with Gasteiger partial charge in [-0.25, -0.2) is 4.79 Å². The Hall–Kier alpha value is -1.25. The van der Waals surface area contributed by atoms with Gasteiger partial charge in [0.05, 0.1) is 6.04 Å². The van der Waals surface area contributed by atoms with Crippen LogP contribution in [0, 0.1) is 0 Å². The van der Waals surface area contributed by atoms with Crippen LogP contribution in [0.3, 0.4) is 0 Å². The second-order valence-corrected chi connectivity index (χ2v) is 3.39. The molecule has 3 heteroatoms. The van der Waals surface area contributed by atoms with Crippen LogP contribution in [0.25, 0.3) is 0 Å². The molecule has 0 aliphatic carbocycles. The molecule has 0 bridgehead atoms. The normalized spacial score (nSPS) is 31.4. The van der Waals surface area contributed by atoms with Crippen molar-refractivity contribution in [2.75, 3.05) is 6.61 Å². The van der Waals surface area contributed by atoms with Crippen molar-refractivity contribution < 1.29 is 9.53 Å². The number of nitrogens with zero attached hydrogens (tertiary/aromatic N) is 1. The zero-order chi connectivity index (χ0) is 9.26. The van der Waals surface area contributed by atoms with E-state index in [1.54, 1.807) is 0 Å². The van der Waals surface area contributed by atoms with E-state index in [1.807, 2.05) is 17.1 Å². The third-order valence-corrected chi connectivity index (χ3v) is 2.54. The Balaban J connectivity index is 2.16. The fourth-order valence-electron chi connectivity index (χ4n) is 1.92. The SMILES string of the molecule is C=CC[C@H]1CC=C[C@@H]2COC(=O)N12. The van der Waals surface area contributed by atoms with Crippen LogP contribution in [0.4, 0.5) is 4.79 Å². The Morgan fingerprint density at radius 1 is 1.77 bits per heavy atom. The van der Waals surface area contributed by atoms with E-state index in [1.165, 1.54) is 0 Å². The molecule has 70 valence electrons. The number of rotatable bonds is 2. The molecule has 2 heterocycles. The van der Waals surface area contributed by atoms with Gasteiger partial charge in [-0.2, -0.15) is 0 Å². The summed E-state index contributed by atoms with van der Waals surface area (Å²) in [6.45, 7) is 4.19. The first-order chi connectivity index (χ1) is 6.33. The molecule has 0 saturated carbocycles. The highest BCUT2D eigenvalue weighted by Crippen LogP contribution is 2.25. The second kappa shape index (κ2) is 3.24. The minimum Gasteiger partial charge on any atom is -0.447 e. The van der Waals surface area contributed by atoms with E-state index in [-0.39, 0.29) is 18.2 Å². The van der Waals surface area contributed by atoms with Gasteiger partial charge in [0, 0.05) is 6.04 Å². The van der Waals surface area contributed by atoms with E-state index in [0.717, 1.165) is 12.8 Å². The van der Waals surface area contributed by atoms with E-state index < -0.39 is 0 Å². The van der Waals surface area contributed by atoms with Gasteiger partial charge in [0.2, 0.25) is 0 Å². The molecule has 3 nitrogen and oxygen atoms in total. The highest BCUT2D eigenvalue weighted by Gasteiger charge is 2.37. The zero-order valence-corrected chi connectivity index (χ0v) is 7.48. The van der Waals surface area contributed by atoms with Crippen LogP contribution in [-0.4, -0.2) is 29.7 Å². The predicted molar refractivity (Wildman–Crippen MR) is 49.3 cm³/mol. The minimum absolute atomic E-state index is 0.159. The molecular formula is C10H13NO2. The number of hydrogen-bond donors (Lipinski definition) is 0. The molecule has 2 aliphatic heterocycles.